The van der Waals surface area contributed by atoms with E-state index in [1.54, 1.807) is 42.7 Å². The molecule has 2 heterocycles. The number of fused-ring (bicyclic) bond motifs is 1. The number of nitrogens with zero attached hydrogens (tertiary/aromatic N) is 3. The lowest BCUT2D eigenvalue weighted by molar-refractivity contribution is -0.113. The summed E-state index contributed by atoms with van der Waals surface area (Å²) >= 11 is 13.4. The van der Waals surface area contributed by atoms with Gasteiger partial charge in [0.1, 0.15) is 0 Å². The van der Waals surface area contributed by atoms with Gasteiger partial charge in [-0.3, -0.25) is 19.1 Å². The maximum atomic E-state index is 13.0. The molecule has 6 nitrogen and oxygen atoms in total. The number of anilines is 1. The third kappa shape index (κ3) is 5.25. The number of aromatic nitrogens is 3. The molecule has 0 atom stereocenters. The van der Waals surface area contributed by atoms with E-state index in [0.717, 1.165) is 10.5 Å². The monoisotopic (exact) mass is 470 g/mol. The largest absolute Gasteiger partial charge is 0.325 e. The summed E-state index contributed by atoms with van der Waals surface area (Å²) in [5, 5.41) is 4.13. The molecule has 9 heteroatoms. The summed E-state index contributed by atoms with van der Waals surface area (Å²) < 4.78 is 1.49. The summed E-state index contributed by atoms with van der Waals surface area (Å²) in [4.78, 5) is 34.5. The normalized spacial score (nSPS) is 10.9. The fraction of sp³-hybridized carbons (Fsp3) is 0.0909. The first-order valence-corrected chi connectivity index (χ1v) is 11.0. The summed E-state index contributed by atoms with van der Waals surface area (Å²) in [6.07, 6.45) is 4.86. The van der Waals surface area contributed by atoms with Crippen molar-refractivity contribution in [1.82, 2.24) is 14.5 Å². The minimum Gasteiger partial charge on any atom is -0.325 e. The molecule has 0 saturated carbocycles. The number of nitrogens with one attached hydrogen (secondary N) is 1. The maximum Gasteiger partial charge on any atom is 0.261 e. The van der Waals surface area contributed by atoms with Gasteiger partial charge in [-0.15, -0.1) is 11.8 Å². The van der Waals surface area contributed by atoms with E-state index in [0.29, 0.717) is 33.2 Å². The first-order valence-electron chi connectivity index (χ1n) is 9.25. The molecule has 1 amide bonds. The van der Waals surface area contributed by atoms with Crippen molar-refractivity contribution in [2.24, 2.45) is 0 Å². The summed E-state index contributed by atoms with van der Waals surface area (Å²) in [6.45, 7) is 0.303. The average molecular weight is 471 g/mol. The number of carbonyl (C=O) groups is 1. The van der Waals surface area contributed by atoms with Crippen LogP contribution in [0.1, 0.15) is 5.56 Å². The van der Waals surface area contributed by atoms with Crippen LogP contribution < -0.4 is 10.9 Å². The highest BCUT2D eigenvalue weighted by Gasteiger charge is 2.09. The van der Waals surface area contributed by atoms with Gasteiger partial charge in [0.2, 0.25) is 5.91 Å². The molecule has 0 saturated heterocycles. The summed E-state index contributed by atoms with van der Waals surface area (Å²) in [5.41, 5.74) is 1.71. The van der Waals surface area contributed by atoms with Gasteiger partial charge in [-0.2, -0.15) is 0 Å². The highest BCUT2D eigenvalue weighted by atomic mass is 35.5. The van der Waals surface area contributed by atoms with Gasteiger partial charge in [0.15, 0.2) is 0 Å². The van der Waals surface area contributed by atoms with Crippen molar-refractivity contribution in [1.29, 1.82) is 0 Å². The molecule has 0 aliphatic carbocycles. The van der Waals surface area contributed by atoms with Crippen LogP contribution in [0, 0.1) is 0 Å². The average Bonchev–Trinajstić information content (AvgIpc) is 2.78. The lowest BCUT2D eigenvalue weighted by atomic mass is 10.2. The van der Waals surface area contributed by atoms with Gasteiger partial charge in [0, 0.05) is 23.0 Å². The zero-order valence-corrected chi connectivity index (χ0v) is 18.4. The van der Waals surface area contributed by atoms with Crippen molar-refractivity contribution in [3.05, 3.63) is 93.2 Å². The molecule has 1 N–H and O–H groups in total. The quantitative estimate of drug-likeness (QED) is 0.406. The van der Waals surface area contributed by atoms with Gasteiger partial charge in [0.25, 0.3) is 5.56 Å². The minimum atomic E-state index is -0.210. The molecular weight excluding hydrogens is 455 g/mol. The Kier molecular flexibility index (Phi) is 6.56. The molecule has 31 heavy (non-hydrogen) atoms. The molecule has 0 bridgehead atoms. The third-order valence-electron chi connectivity index (χ3n) is 4.46. The topological polar surface area (TPSA) is 76.9 Å². The Morgan fingerprint density at radius 3 is 2.61 bits per heavy atom. The van der Waals surface area contributed by atoms with Crippen molar-refractivity contribution in [3.8, 4) is 0 Å². The van der Waals surface area contributed by atoms with Crippen LogP contribution in [-0.4, -0.2) is 26.2 Å². The first kappa shape index (κ1) is 21.4. The SMILES string of the molecule is O=C(CSc1ccncc1)Nc1ccc2ncn(Cc3ccc(Cl)c(Cl)c3)c(=O)c2c1. The molecule has 0 unspecified atom stereocenters. The zero-order chi connectivity index (χ0) is 21.8. The number of halogens is 2. The van der Waals surface area contributed by atoms with E-state index in [4.69, 9.17) is 23.2 Å². The van der Waals surface area contributed by atoms with Gasteiger partial charge in [-0.1, -0.05) is 29.3 Å². The molecule has 156 valence electrons. The highest BCUT2D eigenvalue weighted by molar-refractivity contribution is 8.00. The summed E-state index contributed by atoms with van der Waals surface area (Å²) in [7, 11) is 0. The van der Waals surface area contributed by atoms with E-state index in [2.05, 4.69) is 15.3 Å². The van der Waals surface area contributed by atoms with E-state index in [-0.39, 0.29) is 17.2 Å². The molecule has 0 spiro atoms. The molecular formula is C22H16Cl2N4O2S. The molecule has 4 aromatic rings. The fourth-order valence-corrected chi connectivity index (χ4v) is 3.97. The fourth-order valence-electron chi connectivity index (χ4n) is 2.96. The second-order valence-electron chi connectivity index (χ2n) is 6.68. The number of amides is 1. The number of carbonyl (C=O) groups excluding carboxylic acids is 1. The molecule has 4 rings (SSSR count). The van der Waals surface area contributed by atoms with Crippen LogP contribution in [-0.2, 0) is 11.3 Å². The van der Waals surface area contributed by atoms with Crippen LogP contribution >= 0.6 is 35.0 Å². The van der Waals surface area contributed by atoms with Gasteiger partial charge in [-0.25, -0.2) is 4.98 Å². The number of hydrogen-bond donors (Lipinski definition) is 1. The third-order valence-corrected chi connectivity index (χ3v) is 6.22. The summed E-state index contributed by atoms with van der Waals surface area (Å²) in [6, 6.07) is 14.0. The summed E-state index contributed by atoms with van der Waals surface area (Å²) in [5.74, 6) is 0.0811. The smallest absolute Gasteiger partial charge is 0.261 e. The Hall–Kier alpha value is -2.87. The Morgan fingerprint density at radius 2 is 1.84 bits per heavy atom. The molecule has 0 aliphatic heterocycles. The van der Waals surface area contributed by atoms with Crippen LogP contribution in [0.2, 0.25) is 10.0 Å². The van der Waals surface area contributed by atoms with E-state index in [1.165, 1.54) is 22.7 Å². The van der Waals surface area contributed by atoms with Crippen LogP contribution in [0.15, 0.2) is 76.9 Å². The molecule has 0 fully saturated rings. The van der Waals surface area contributed by atoms with Crippen LogP contribution in [0.4, 0.5) is 5.69 Å². The van der Waals surface area contributed by atoms with E-state index >= 15 is 0 Å². The highest BCUT2D eigenvalue weighted by Crippen LogP contribution is 2.23. The van der Waals surface area contributed by atoms with Crippen LogP contribution in [0.3, 0.4) is 0 Å². The standard InChI is InChI=1S/C22H16Cl2N4O2S/c23-18-3-1-14(9-19(18)24)11-28-13-26-20-4-2-15(10-17(20)22(28)30)27-21(29)12-31-16-5-7-25-8-6-16/h1-10,13H,11-12H2,(H,27,29). The van der Waals surface area contributed by atoms with Gasteiger partial charge in [-0.05, 0) is 48.0 Å². The zero-order valence-electron chi connectivity index (χ0n) is 16.1. The molecule has 0 aliphatic rings. The first-order chi connectivity index (χ1) is 15.0. The number of hydrogen-bond acceptors (Lipinski definition) is 5. The molecule has 2 aromatic heterocycles. The van der Waals surface area contributed by atoms with Crippen molar-refractivity contribution in [3.63, 3.8) is 0 Å². The van der Waals surface area contributed by atoms with Gasteiger partial charge < -0.3 is 5.32 Å². The van der Waals surface area contributed by atoms with Gasteiger partial charge >= 0.3 is 0 Å². The van der Waals surface area contributed by atoms with Crippen molar-refractivity contribution in [2.45, 2.75) is 11.4 Å². The number of rotatable bonds is 6. The maximum absolute atomic E-state index is 13.0. The van der Waals surface area contributed by atoms with E-state index in [1.807, 2.05) is 18.2 Å². The number of benzene rings is 2. The number of pyridine rings is 1. The molecule has 0 radical (unpaired) electrons. The van der Waals surface area contributed by atoms with Crippen molar-refractivity contribution < 1.29 is 4.79 Å². The van der Waals surface area contributed by atoms with Crippen molar-refractivity contribution >= 4 is 57.5 Å². The lowest BCUT2D eigenvalue weighted by Gasteiger charge is -2.09. The second kappa shape index (κ2) is 9.51. The Labute approximate surface area is 192 Å². The van der Waals surface area contributed by atoms with Crippen LogP contribution in [0.5, 0.6) is 0 Å². The predicted octanol–water partition coefficient (Wildman–Crippen LogP) is 4.88. The van der Waals surface area contributed by atoms with E-state index in [9.17, 15) is 9.59 Å². The van der Waals surface area contributed by atoms with Crippen molar-refractivity contribution in [2.75, 3.05) is 11.1 Å². The lowest BCUT2D eigenvalue weighted by Crippen LogP contribution is -2.21. The van der Waals surface area contributed by atoms with Crippen LogP contribution in [0.25, 0.3) is 10.9 Å². The Morgan fingerprint density at radius 1 is 1.03 bits per heavy atom. The second-order valence-corrected chi connectivity index (χ2v) is 8.54. The minimum absolute atomic E-state index is 0.166. The van der Waals surface area contributed by atoms with Gasteiger partial charge in [0.05, 0.1) is 39.6 Å². The predicted molar refractivity (Wildman–Crippen MR) is 125 cm³/mol. The Bertz CT molecular complexity index is 1310. The molecule has 2 aromatic carbocycles. The number of thioether (sulfide) groups is 1. The Balaban J connectivity index is 1.52. The van der Waals surface area contributed by atoms with E-state index < -0.39 is 0 Å².